The lowest BCUT2D eigenvalue weighted by atomic mass is 10.2. The molecule has 1 aromatic carbocycles. The van der Waals surface area contributed by atoms with E-state index in [1.165, 1.54) is 10.6 Å². The van der Waals surface area contributed by atoms with Gasteiger partial charge in [0.2, 0.25) is 10.0 Å². The number of benzene rings is 1. The first-order valence-electron chi connectivity index (χ1n) is 9.87. The Morgan fingerprint density at radius 1 is 1.27 bits per heavy atom. The number of anilines is 1. The third-order valence-electron chi connectivity index (χ3n) is 5.21. The van der Waals surface area contributed by atoms with Gasteiger partial charge in [0.15, 0.2) is 0 Å². The van der Waals surface area contributed by atoms with Gasteiger partial charge in [-0.3, -0.25) is 4.79 Å². The molecule has 1 aliphatic rings. The molecule has 3 rings (SSSR count). The smallest absolute Gasteiger partial charge is 0.338 e. The summed E-state index contributed by atoms with van der Waals surface area (Å²) >= 11 is 6.31. The summed E-state index contributed by atoms with van der Waals surface area (Å²) in [5.74, 6) is -1.63. The van der Waals surface area contributed by atoms with Crippen LogP contribution in [0.1, 0.15) is 47.9 Å². The van der Waals surface area contributed by atoms with Crippen LogP contribution in [0.2, 0.25) is 5.02 Å². The van der Waals surface area contributed by atoms with Gasteiger partial charge in [-0.15, -0.1) is 0 Å². The molecule has 0 saturated carbocycles. The van der Waals surface area contributed by atoms with E-state index < -0.39 is 43.9 Å². The largest absolute Gasteiger partial charge is 0.404 e. The molecule has 1 amide bonds. The third kappa shape index (κ3) is 5.15. The van der Waals surface area contributed by atoms with Gasteiger partial charge in [-0.25, -0.2) is 12.8 Å². The number of fused-ring (bicyclic) bond motifs is 1. The highest BCUT2D eigenvalue weighted by Gasteiger charge is 2.41. The molecular formula is C20H19ClF4N4O3S. The van der Waals surface area contributed by atoms with Crippen LogP contribution in [0.5, 0.6) is 0 Å². The first-order valence-corrected chi connectivity index (χ1v) is 11.7. The highest BCUT2D eigenvalue weighted by molar-refractivity contribution is 7.89. The molecule has 33 heavy (non-hydrogen) atoms. The Balaban J connectivity index is 2.07. The zero-order chi connectivity index (χ0) is 24.6. The molecule has 13 heteroatoms. The molecule has 2 N–H and O–H groups in total. The van der Waals surface area contributed by atoms with Crippen molar-refractivity contribution >= 4 is 33.2 Å². The fraction of sp³-hybridized carbons (Fsp3) is 0.400. The minimum atomic E-state index is -4.82. The average Bonchev–Trinajstić information content (AvgIpc) is 2.84. The Hall–Kier alpha value is -2.62. The second kappa shape index (κ2) is 9.32. The van der Waals surface area contributed by atoms with Crippen molar-refractivity contribution in [2.24, 2.45) is 0 Å². The number of sulfonamides is 1. The van der Waals surface area contributed by atoms with E-state index >= 15 is 0 Å². The molecule has 0 radical (unpaired) electrons. The minimum absolute atomic E-state index is 0.0615. The molecule has 1 aliphatic heterocycles. The number of nitrogens with zero attached hydrogens (tertiary/aromatic N) is 2. The van der Waals surface area contributed by atoms with E-state index in [2.05, 4.69) is 5.32 Å². The van der Waals surface area contributed by atoms with Crippen molar-refractivity contribution in [2.45, 2.75) is 56.3 Å². The van der Waals surface area contributed by atoms with Gasteiger partial charge in [0.1, 0.15) is 28.5 Å². The van der Waals surface area contributed by atoms with Gasteiger partial charge >= 0.3 is 6.18 Å². The van der Waals surface area contributed by atoms with E-state index in [0.717, 1.165) is 18.6 Å². The maximum Gasteiger partial charge on any atom is 0.404 e. The minimum Gasteiger partial charge on any atom is -0.338 e. The molecule has 0 unspecified atom stereocenters. The number of alkyl halides is 3. The van der Waals surface area contributed by atoms with Crippen molar-refractivity contribution in [1.82, 2.24) is 9.29 Å². The summed E-state index contributed by atoms with van der Waals surface area (Å²) in [4.78, 5) is 12.5. The molecule has 7 nitrogen and oxygen atoms in total. The van der Waals surface area contributed by atoms with Crippen molar-refractivity contribution in [3.63, 3.8) is 0 Å². The van der Waals surface area contributed by atoms with Gasteiger partial charge < -0.3 is 9.88 Å². The number of carbonyl (C=O) groups is 1. The predicted molar refractivity (Wildman–Crippen MR) is 112 cm³/mol. The van der Waals surface area contributed by atoms with E-state index in [9.17, 15) is 30.8 Å². The molecule has 2 aromatic rings. The first-order chi connectivity index (χ1) is 15.4. The molecule has 0 bridgehead atoms. The normalized spacial score (nSPS) is 15.3. The van der Waals surface area contributed by atoms with Gasteiger partial charge in [-0.05, 0) is 44.4 Å². The summed E-state index contributed by atoms with van der Waals surface area (Å²) < 4.78 is 81.3. The van der Waals surface area contributed by atoms with Gasteiger partial charge in [0.25, 0.3) is 5.91 Å². The van der Waals surface area contributed by atoms with E-state index in [1.807, 2.05) is 0 Å². The molecule has 1 atom stereocenters. The van der Waals surface area contributed by atoms with Crippen molar-refractivity contribution in [2.75, 3.05) is 5.32 Å². The maximum absolute atomic E-state index is 13.6. The molecule has 1 aromatic heterocycles. The number of amides is 1. The molecule has 178 valence electrons. The summed E-state index contributed by atoms with van der Waals surface area (Å²) in [6.45, 7) is 0.893. The second-order valence-corrected chi connectivity index (χ2v) is 9.57. The van der Waals surface area contributed by atoms with Crippen molar-refractivity contribution in [3.05, 3.63) is 46.0 Å². The zero-order valence-corrected chi connectivity index (χ0v) is 18.8. The fourth-order valence-corrected chi connectivity index (χ4v) is 5.75. The Kier molecular flexibility index (Phi) is 7.07. The Labute approximate surface area is 192 Å². The van der Waals surface area contributed by atoms with Crippen LogP contribution in [0.4, 0.5) is 23.2 Å². The number of nitriles is 1. The van der Waals surface area contributed by atoms with E-state index in [1.54, 1.807) is 10.8 Å². The van der Waals surface area contributed by atoms with Gasteiger partial charge in [-0.2, -0.15) is 23.2 Å². The number of halogens is 5. The summed E-state index contributed by atoms with van der Waals surface area (Å²) in [6.07, 6.45) is -2.76. The number of hydrogen-bond acceptors (Lipinski definition) is 4. The fourth-order valence-electron chi connectivity index (χ4n) is 3.58. The summed E-state index contributed by atoms with van der Waals surface area (Å²) in [5.41, 5.74) is -0.356. The van der Waals surface area contributed by atoms with E-state index in [-0.39, 0.29) is 35.6 Å². The number of aromatic nitrogens is 1. The maximum atomic E-state index is 13.6. The predicted octanol–water partition coefficient (Wildman–Crippen LogP) is 4.36. The molecule has 0 spiro atoms. The Bertz CT molecular complexity index is 1240. The van der Waals surface area contributed by atoms with E-state index in [4.69, 9.17) is 16.9 Å². The van der Waals surface area contributed by atoms with Crippen molar-refractivity contribution in [3.8, 4) is 6.07 Å². The second-order valence-electron chi connectivity index (χ2n) is 7.55. The Morgan fingerprint density at radius 3 is 2.61 bits per heavy atom. The number of carbonyl (C=O) groups excluding carboxylic acids is 1. The molecule has 0 aliphatic carbocycles. The lowest BCUT2D eigenvalue weighted by molar-refractivity contribution is -0.147. The quantitative estimate of drug-likeness (QED) is 0.588. The standard InChI is InChI=1S/C20H19ClF4N4O3S/c1-11(20(23,24)25)28-33(31,32)18-15-5-3-2-4-8-29(15)17(16(18)21)19(30)27-13-6-7-14(22)12(9-13)10-26/h6-7,9,11,28H,2-5,8H2,1H3,(H,27,30)/t11-/m0/s1. The lowest BCUT2D eigenvalue weighted by Crippen LogP contribution is -2.43. The zero-order valence-electron chi connectivity index (χ0n) is 17.3. The highest BCUT2D eigenvalue weighted by atomic mass is 35.5. The molecular weight excluding hydrogens is 488 g/mol. The van der Waals surface area contributed by atoms with Crippen LogP contribution in [0, 0.1) is 17.1 Å². The van der Waals surface area contributed by atoms with Crippen LogP contribution >= 0.6 is 11.6 Å². The van der Waals surface area contributed by atoms with Gasteiger partial charge in [-0.1, -0.05) is 18.0 Å². The van der Waals surface area contributed by atoms with Gasteiger partial charge in [0.05, 0.1) is 10.6 Å². The SMILES string of the molecule is C[C@H](NS(=O)(=O)c1c(Cl)c(C(=O)Nc2ccc(F)c(C#N)c2)n2c1CCCCC2)C(F)(F)F. The van der Waals surface area contributed by atoms with Crippen LogP contribution in [0.25, 0.3) is 0 Å². The third-order valence-corrected chi connectivity index (χ3v) is 7.33. The summed E-state index contributed by atoms with van der Waals surface area (Å²) in [7, 11) is -4.73. The van der Waals surface area contributed by atoms with Crippen LogP contribution in [0.15, 0.2) is 23.1 Å². The van der Waals surface area contributed by atoms with E-state index in [0.29, 0.717) is 19.8 Å². The van der Waals surface area contributed by atoms with Gasteiger partial charge in [0, 0.05) is 17.9 Å². The molecule has 0 saturated heterocycles. The Morgan fingerprint density at radius 2 is 1.97 bits per heavy atom. The van der Waals surface area contributed by atoms with Crippen LogP contribution < -0.4 is 10.0 Å². The molecule has 2 heterocycles. The van der Waals surface area contributed by atoms with Crippen molar-refractivity contribution in [1.29, 1.82) is 5.26 Å². The number of hydrogen-bond donors (Lipinski definition) is 2. The van der Waals surface area contributed by atoms with Crippen molar-refractivity contribution < 1.29 is 30.8 Å². The summed E-state index contributed by atoms with van der Waals surface area (Å²) in [5, 5.41) is 10.9. The lowest BCUT2D eigenvalue weighted by Gasteiger charge is -2.18. The summed E-state index contributed by atoms with van der Waals surface area (Å²) in [6, 6.07) is 2.54. The number of nitrogens with one attached hydrogen (secondary N) is 2. The number of rotatable bonds is 5. The first kappa shape index (κ1) is 25.0. The van der Waals surface area contributed by atoms with Crippen LogP contribution in [-0.2, 0) is 23.0 Å². The monoisotopic (exact) mass is 506 g/mol. The average molecular weight is 507 g/mol. The molecule has 0 fully saturated rings. The van der Waals surface area contributed by atoms with Crippen LogP contribution in [-0.4, -0.2) is 31.1 Å². The van der Waals surface area contributed by atoms with Crippen LogP contribution in [0.3, 0.4) is 0 Å². The topological polar surface area (TPSA) is 104 Å². The highest BCUT2D eigenvalue weighted by Crippen LogP contribution is 2.36.